The van der Waals surface area contributed by atoms with E-state index in [-0.39, 0.29) is 5.91 Å². The molecule has 0 aromatic heterocycles. The van der Waals surface area contributed by atoms with Crippen molar-refractivity contribution in [2.75, 3.05) is 26.3 Å². The molecule has 104 valence electrons. The van der Waals surface area contributed by atoms with Gasteiger partial charge in [-0.25, -0.2) is 0 Å². The summed E-state index contributed by atoms with van der Waals surface area (Å²) < 4.78 is 5.24. The molecule has 1 fully saturated rings. The molecule has 0 aromatic carbocycles. The Morgan fingerprint density at radius 1 is 1.37 bits per heavy atom. The van der Waals surface area contributed by atoms with Crippen molar-refractivity contribution in [3.05, 3.63) is 0 Å². The van der Waals surface area contributed by atoms with Gasteiger partial charge in [-0.3, -0.25) is 4.79 Å². The first-order valence-corrected chi connectivity index (χ1v) is 6.71. The van der Waals surface area contributed by atoms with E-state index < -0.39 is 5.41 Å². The highest BCUT2D eigenvalue weighted by Crippen LogP contribution is 2.32. The number of ether oxygens (including phenoxy) is 1. The van der Waals surface area contributed by atoms with Crippen molar-refractivity contribution in [2.45, 2.75) is 33.1 Å². The molecule has 5 heteroatoms. The molecule has 5 nitrogen and oxygen atoms in total. The highest BCUT2D eigenvalue weighted by atomic mass is 16.5. The fourth-order valence-electron chi connectivity index (χ4n) is 2.30. The summed E-state index contributed by atoms with van der Waals surface area (Å²) >= 11 is 0. The SMILES string of the molecule is CC(C)CN(CCC#N)C(=O)C1(C#N)CCOCC1. The van der Waals surface area contributed by atoms with Crippen molar-refractivity contribution in [3.8, 4) is 12.1 Å². The maximum absolute atomic E-state index is 12.6. The van der Waals surface area contributed by atoms with E-state index >= 15 is 0 Å². The van der Waals surface area contributed by atoms with Gasteiger partial charge in [0.05, 0.1) is 18.6 Å². The second kappa shape index (κ2) is 7.11. The lowest BCUT2D eigenvalue weighted by Crippen LogP contribution is -2.47. The molecule has 1 aliphatic heterocycles. The predicted molar refractivity (Wildman–Crippen MR) is 69.7 cm³/mol. The second-order valence-electron chi connectivity index (χ2n) is 5.36. The highest BCUT2D eigenvalue weighted by molar-refractivity contribution is 5.85. The third-order valence-corrected chi connectivity index (χ3v) is 3.34. The Morgan fingerprint density at radius 3 is 2.47 bits per heavy atom. The zero-order chi connectivity index (χ0) is 14.3. The molecule has 0 atom stereocenters. The lowest BCUT2D eigenvalue weighted by Gasteiger charge is -2.35. The molecule has 0 saturated carbocycles. The van der Waals surface area contributed by atoms with Crippen LogP contribution < -0.4 is 0 Å². The molecule has 0 N–H and O–H groups in total. The van der Waals surface area contributed by atoms with Gasteiger partial charge in [0.25, 0.3) is 0 Å². The number of nitrogens with zero attached hydrogens (tertiary/aromatic N) is 3. The van der Waals surface area contributed by atoms with Gasteiger partial charge in [0.15, 0.2) is 0 Å². The van der Waals surface area contributed by atoms with Crippen LogP contribution in [0.2, 0.25) is 0 Å². The number of carbonyl (C=O) groups excluding carboxylic acids is 1. The number of carbonyl (C=O) groups is 1. The lowest BCUT2D eigenvalue weighted by atomic mass is 9.80. The standard InChI is InChI=1S/C14H21N3O2/c1-12(2)10-17(7-3-6-15)13(18)14(11-16)4-8-19-9-5-14/h12H,3-5,7-10H2,1-2H3. The van der Waals surface area contributed by atoms with E-state index in [1.807, 2.05) is 13.8 Å². The molecule has 1 saturated heterocycles. The molecule has 0 aliphatic carbocycles. The molecule has 0 bridgehead atoms. The average Bonchev–Trinajstić information content (AvgIpc) is 2.43. The third kappa shape index (κ3) is 3.94. The Morgan fingerprint density at radius 2 is 2.00 bits per heavy atom. The van der Waals surface area contributed by atoms with Gasteiger partial charge >= 0.3 is 0 Å². The van der Waals surface area contributed by atoms with Crippen molar-refractivity contribution >= 4 is 5.91 Å². The van der Waals surface area contributed by atoms with E-state index in [9.17, 15) is 10.1 Å². The average molecular weight is 263 g/mol. The van der Waals surface area contributed by atoms with Crippen molar-refractivity contribution in [3.63, 3.8) is 0 Å². The fraction of sp³-hybridized carbons (Fsp3) is 0.786. The second-order valence-corrected chi connectivity index (χ2v) is 5.36. The Bertz CT molecular complexity index is 386. The van der Waals surface area contributed by atoms with Crippen LogP contribution in [-0.4, -0.2) is 37.1 Å². The van der Waals surface area contributed by atoms with Gasteiger partial charge in [-0.2, -0.15) is 10.5 Å². The fourth-order valence-corrected chi connectivity index (χ4v) is 2.30. The molecule has 1 aliphatic rings. The number of hydrogen-bond donors (Lipinski definition) is 0. The zero-order valence-electron chi connectivity index (χ0n) is 11.7. The molecule has 19 heavy (non-hydrogen) atoms. The van der Waals surface area contributed by atoms with Gasteiger partial charge in [0.2, 0.25) is 5.91 Å². The van der Waals surface area contributed by atoms with E-state index in [4.69, 9.17) is 10.00 Å². The van der Waals surface area contributed by atoms with Gasteiger partial charge in [-0.15, -0.1) is 0 Å². The van der Waals surface area contributed by atoms with E-state index in [1.54, 1.807) is 4.90 Å². The van der Waals surface area contributed by atoms with Crippen molar-refractivity contribution in [2.24, 2.45) is 11.3 Å². The quantitative estimate of drug-likeness (QED) is 0.756. The molecule has 1 amide bonds. The Labute approximate surface area is 114 Å². The molecule has 0 aromatic rings. The number of amides is 1. The smallest absolute Gasteiger partial charge is 0.243 e. The number of hydrogen-bond acceptors (Lipinski definition) is 4. The van der Waals surface area contributed by atoms with Gasteiger partial charge in [0.1, 0.15) is 5.41 Å². The van der Waals surface area contributed by atoms with E-state index in [0.29, 0.717) is 51.5 Å². The summed E-state index contributed by atoms with van der Waals surface area (Å²) in [4.78, 5) is 14.3. The summed E-state index contributed by atoms with van der Waals surface area (Å²) in [5.41, 5.74) is -0.956. The largest absolute Gasteiger partial charge is 0.381 e. The van der Waals surface area contributed by atoms with Crippen LogP contribution in [0.3, 0.4) is 0 Å². The molecule has 1 heterocycles. The minimum absolute atomic E-state index is 0.137. The van der Waals surface area contributed by atoms with Crippen LogP contribution in [0.1, 0.15) is 33.1 Å². The van der Waals surface area contributed by atoms with Gasteiger partial charge < -0.3 is 9.64 Å². The van der Waals surface area contributed by atoms with Crippen LogP contribution in [0.5, 0.6) is 0 Å². The van der Waals surface area contributed by atoms with Crippen molar-refractivity contribution in [1.82, 2.24) is 4.90 Å². The number of nitriles is 2. The maximum atomic E-state index is 12.6. The topological polar surface area (TPSA) is 77.1 Å². The van der Waals surface area contributed by atoms with E-state index in [2.05, 4.69) is 12.1 Å². The predicted octanol–water partition coefficient (Wildman–Crippen LogP) is 1.71. The first-order valence-electron chi connectivity index (χ1n) is 6.71. The third-order valence-electron chi connectivity index (χ3n) is 3.34. The summed E-state index contributed by atoms with van der Waals surface area (Å²) in [6.07, 6.45) is 1.20. The summed E-state index contributed by atoms with van der Waals surface area (Å²) in [7, 11) is 0. The Balaban J connectivity index is 2.84. The summed E-state index contributed by atoms with van der Waals surface area (Å²) in [6.45, 7) is 5.94. The molecular formula is C14H21N3O2. The van der Waals surface area contributed by atoms with Gasteiger partial charge in [-0.05, 0) is 18.8 Å². The van der Waals surface area contributed by atoms with Crippen molar-refractivity contribution in [1.29, 1.82) is 10.5 Å². The normalized spacial score (nSPS) is 17.5. The van der Waals surface area contributed by atoms with Crippen LogP contribution >= 0.6 is 0 Å². The van der Waals surface area contributed by atoms with Crippen molar-refractivity contribution < 1.29 is 9.53 Å². The molecule has 0 unspecified atom stereocenters. The van der Waals surface area contributed by atoms with Crippen LogP contribution in [0.15, 0.2) is 0 Å². The van der Waals surface area contributed by atoms with Crippen LogP contribution in [0, 0.1) is 34.0 Å². The summed E-state index contributed by atoms with van der Waals surface area (Å²) in [6, 6.07) is 4.25. The highest BCUT2D eigenvalue weighted by Gasteiger charge is 2.42. The van der Waals surface area contributed by atoms with Crippen LogP contribution in [-0.2, 0) is 9.53 Å². The minimum atomic E-state index is -0.956. The maximum Gasteiger partial charge on any atom is 0.243 e. The molecular weight excluding hydrogens is 242 g/mol. The van der Waals surface area contributed by atoms with Gasteiger partial charge in [-0.1, -0.05) is 13.8 Å². The van der Waals surface area contributed by atoms with Crippen LogP contribution in [0.25, 0.3) is 0 Å². The Kier molecular flexibility index (Phi) is 5.79. The summed E-state index contributed by atoms with van der Waals surface area (Å²) in [5, 5.41) is 18.1. The minimum Gasteiger partial charge on any atom is -0.381 e. The summed E-state index contributed by atoms with van der Waals surface area (Å²) in [5.74, 6) is 0.181. The van der Waals surface area contributed by atoms with E-state index in [1.165, 1.54) is 0 Å². The zero-order valence-corrected chi connectivity index (χ0v) is 11.7. The van der Waals surface area contributed by atoms with E-state index in [0.717, 1.165) is 0 Å². The molecule has 0 radical (unpaired) electrons. The number of rotatable bonds is 5. The Hall–Kier alpha value is -1.59. The first kappa shape index (κ1) is 15.5. The first-order chi connectivity index (χ1) is 9.05. The lowest BCUT2D eigenvalue weighted by molar-refractivity contribution is -0.144. The molecule has 0 spiro atoms. The monoisotopic (exact) mass is 263 g/mol. The molecule has 1 rings (SSSR count). The van der Waals surface area contributed by atoms with Gasteiger partial charge in [0, 0.05) is 26.3 Å². The van der Waals surface area contributed by atoms with Crippen LogP contribution in [0.4, 0.5) is 0 Å².